The summed E-state index contributed by atoms with van der Waals surface area (Å²) in [5, 5.41) is 0. The van der Waals surface area contributed by atoms with Crippen LogP contribution in [0, 0.1) is 23.2 Å². The Kier molecular flexibility index (Phi) is 5.37. The SMILES string of the molecule is CC(C)CC(=O)C(C(=O)C(C)(C)C)C(C)C. The first-order valence-electron chi connectivity index (χ1n) is 6.14. The predicted octanol–water partition coefficient (Wildman–Crippen LogP) is 3.49. The zero-order valence-corrected chi connectivity index (χ0v) is 11.8. The molecule has 0 heterocycles. The summed E-state index contributed by atoms with van der Waals surface area (Å²) >= 11 is 0. The zero-order valence-electron chi connectivity index (χ0n) is 11.8. The molecule has 0 saturated carbocycles. The number of carbonyl (C=O) groups excluding carboxylic acids is 2. The molecule has 94 valence electrons. The van der Waals surface area contributed by atoms with Crippen LogP contribution >= 0.6 is 0 Å². The van der Waals surface area contributed by atoms with Crippen molar-refractivity contribution < 1.29 is 9.59 Å². The molecule has 1 atom stereocenters. The molecule has 0 rings (SSSR count). The second kappa shape index (κ2) is 5.60. The lowest BCUT2D eigenvalue weighted by Crippen LogP contribution is -2.37. The topological polar surface area (TPSA) is 34.1 Å². The molecular weight excluding hydrogens is 200 g/mol. The van der Waals surface area contributed by atoms with Gasteiger partial charge >= 0.3 is 0 Å². The summed E-state index contributed by atoms with van der Waals surface area (Å²) in [5.41, 5.74) is -0.429. The lowest BCUT2D eigenvalue weighted by Gasteiger charge is -2.26. The molecule has 16 heavy (non-hydrogen) atoms. The Morgan fingerprint density at radius 3 is 1.69 bits per heavy atom. The van der Waals surface area contributed by atoms with E-state index in [-0.39, 0.29) is 17.5 Å². The average molecular weight is 226 g/mol. The third kappa shape index (κ3) is 4.46. The van der Waals surface area contributed by atoms with Crippen LogP contribution in [-0.4, -0.2) is 11.6 Å². The maximum Gasteiger partial charge on any atom is 0.148 e. The molecule has 0 aliphatic rings. The van der Waals surface area contributed by atoms with E-state index >= 15 is 0 Å². The van der Waals surface area contributed by atoms with Crippen molar-refractivity contribution in [1.29, 1.82) is 0 Å². The first kappa shape index (κ1) is 15.3. The van der Waals surface area contributed by atoms with Gasteiger partial charge in [-0.05, 0) is 11.8 Å². The molecule has 0 aromatic carbocycles. The molecule has 1 unspecified atom stereocenters. The fourth-order valence-electron chi connectivity index (χ4n) is 1.82. The highest BCUT2D eigenvalue weighted by molar-refractivity contribution is 6.04. The lowest BCUT2D eigenvalue weighted by molar-refractivity contribution is -0.139. The van der Waals surface area contributed by atoms with Gasteiger partial charge in [0.05, 0.1) is 5.92 Å². The number of rotatable bonds is 5. The summed E-state index contributed by atoms with van der Waals surface area (Å²) in [7, 11) is 0. The molecule has 0 aliphatic heterocycles. The predicted molar refractivity (Wildman–Crippen MR) is 67.3 cm³/mol. The van der Waals surface area contributed by atoms with Crippen LogP contribution in [-0.2, 0) is 9.59 Å². The second-order valence-electron chi connectivity index (χ2n) is 6.40. The zero-order chi connectivity index (χ0) is 13.1. The fraction of sp³-hybridized carbons (Fsp3) is 0.857. The Bertz CT molecular complexity index is 256. The maximum atomic E-state index is 12.2. The standard InChI is InChI=1S/C14H26O2/c1-9(2)8-11(15)12(10(3)4)13(16)14(5,6)7/h9-10,12H,8H2,1-7H3. The van der Waals surface area contributed by atoms with Crippen LogP contribution in [0.1, 0.15) is 54.9 Å². The summed E-state index contributed by atoms with van der Waals surface area (Å²) in [6.07, 6.45) is 0.505. The van der Waals surface area contributed by atoms with Gasteiger partial charge in [0.25, 0.3) is 0 Å². The van der Waals surface area contributed by atoms with E-state index in [0.717, 1.165) is 0 Å². The number of hydrogen-bond acceptors (Lipinski definition) is 2. The van der Waals surface area contributed by atoms with Crippen molar-refractivity contribution in [3.05, 3.63) is 0 Å². The molecule has 0 N–H and O–H groups in total. The number of hydrogen-bond donors (Lipinski definition) is 0. The minimum atomic E-state index is -0.429. The van der Waals surface area contributed by atoms with Gasteiger partial charge < -0.3 is 0 Å². The van der Waals surface area contributed by atoms with E-state index in [4.69, 9.17) is 0 Å². The van der Waals surface area contributed by atoms with E-state index in [1.807, 2.05) is 48.5 Å². The number of ketones is 2. The van der Waals surface area contributed by atoms with Gasteiger partial charge in [-0.3, -0.25) is 9.59 Å². The molecule has 0 bridgehead atoms. The largest absolute Gasteiger partial charge is 0.299 e. The van der Waals surface area contributed by atoms with Gasteiger partial charge in [-0.25, -0.2) is 0 Å². The molecule has 0 aliphatic carbocycles. The van der Waals surface area contributed by atoms with Crippen LogP contribution in [0.2, 0.25) is 0 Å². The molecular formula is C14H26O2. The second-order valence-corrected chi connectivity index (χ2v) is 6.40. The van der Waals surface area contributed by atoms with Crippen LogP contribution in [0.4, 0.5) is 0 Å². The van der Waals surface area contributed by atoms with Crippen molar-refractivity contribution in [2.75, 3.05) is 0 Å². The van der Waals surface area contributed by atoms with Crippen molar-refractivity contribution in [2.24, 2.45) is 23.2 Å². The molecule has 0 aromatic rings. The van der Waals surface area contributed by atoms with E-state index in [9.17, 15) is 9.59 Å². The number of Topliss-reactive ketones (excluding diaryl/α,β-unsaturated/α-hetero) is 2. The Hall–Kier alpha value is -0.660. The summed E-state index contributed by atoms with van der Waals surface area (Å²) in [6.45, 7) is 13.6. The average Bonchev–Trinajstić information content (AvgIpc) is 1.99. The number of carbonyl (C=O) groups is 2. The third-order valence-corrected chi connectivity index (χ3v) is 2.64. The molecule has 0 saturated heterocycles. The summed E-state index contributed by atoms with van der Waals surface area (Å²) < 4.78 is 0. The van der Waals surface area contributed by atoms with Crippen LogP contribution in [0.25, 0.3) is 0 Å². The summed E-state index contributed by atoms with van der Waals surface area (Å²) in [4.78, 5) is 24.3. The minimum absolute atomic E-state index is 0.0770. The van der Waals surface area contributed by atoms with Gasteiger partial charge in [-0.2, -0.15) is 0 Å². The van der Waals surface area contributed by atoms with Gasteiger partial charge in [0.2, 0.25) is 0 Å². The highest BCUT2D eigenvalue weighted by Gasteiger charge is 2.36. The van der Waals surface area contributed by atoms with Crippen molar-refractivity contribution >= 4 is 11.6 Å². The normalized spacial score (nSPS) is 14.3. The Morgan fingerprint density at radius 2 is 1.44 bits per heavy atom. The lowest BCUT2D eigenvalue weighted by atomic mass is 9.75. The van der Waals surface area contributed by atoms with Gasteiger partial charge in [0.15, 0.2) is 0 Å². The highest BCUT2D eigenvalue weighted by atomic mass is 16.2. The summed E-state index contributed by atoms with van der Waals surface area (Å²) in [6, 6.07) is 0. The van der Waals surface area contributed by atoms with Gasteiger partial charge in [-0.1, -0.05) is 48.5 Å². The van der Waals surface area contributed by atoms with Crippen LogP contribution in [0.15, 0.2) is 0 Å². The van der Waals surface area contributed by atoms with E-state index in [2.05, 4.69) is 0 Å². The van der Waals surface area contributed by atoms with Crippen LogP contribution in [0.5, 0.6) is 0 Å². The van der Waals surface area contributed by atoms with E-state index in [0.29, 0.717) is 12.3 Å². The van der Waals surface area contributed by atoms with Crippen molar-refractivity contribution in [3.63, 3.8) is 0 Å². The van der Waals surface area contributed by atoms with Gasteiger partial charge in [0.1, 0.15) is 11.6 Å². The third-order valence-electron chi connectivity index (χ3n) is 2.64. The van der Waals surface area contributed by atoms with Crippen molar-refractivity contribution in [1.82, 2.24) is 0 Å². The molecule has 0 fully saturated rings. The van der Waals surface area contributed by atoms with Crippen molar-refractivity contribution in [2.45, 2.75) is 54.9 Å². The quantitative estimate of drug-likeness (QED) is 0.672. The van der Waals surface area contributed by atoms with E-state index in [1.165, 1.54) is 0 Å². The Morgan fingerprint density at radius 1 is 1.00 bits per heavy atom. The highest BCUT2D eigenvalue weighted by Crippen LogP contribution is 2.27. The molecule has 0 aromatic heterocycles. The minimum Gasteiger partial charge on any atom is -0.299 e. The molecule has 2 heteroatoms. The van der Waals surface area contributed by atoms with Crippen molar-refractivity contribution in [3.8, 4) is 0 Å². The van der Waals surface area contributed by atoms with Gasteiger partial charge in [-0.15, -0.1) is 0 Å². The Labute approximate surface area is 99.8 Å². The van der Waals surface area contributed by atoms with Crippen LogP contribution < -0.4 is 0 Å². The first-order valence-corrected chi connectivity index (χ1v) is 6.14. The molecule has 2 nitrogen and oxygen atoms in total. The maximum absolute atomic E-state index is 12.2. The molecule has 0 amide bonds. The first-order chi connectivity index (χ1) is 7.07. The van der Waals surface area contributed by atoms with E-state index < -0.39 is 11.3 Å². The monoisotopic (exact) mass is 226 g/mol. The van der Waals surface area contributed by atoms with Crippen LogP contribution in [0.3, 0.4) is 0 Å². The molecule has 0 spiro atoms. The molecule has 0 radical (unpaired) electrons. The fourth-order valence-corrected chi connectivity index (χ4v) is 1.82. The van der Waals surface area contributed by atoms with E-state index in [1.54, 1.807) is 0 Å². The smallest absolute Gasteiger partial charge is 0.148 e. The Balaban J connectivity index is 4.89. The van der Waals surface area contributed by atoms with Gasteiger partial charge in [0, 0.05) is 11.8 Å². The summed E-state index contributed by atoms with van der Waals surface area (Å²) in [5.74, 6) is 0.167.